The lowest BCUT2D eigenvalue weighted by atomic mass is 10.1. The van der Waals surface area contributed by atoms with E-state index < -0.39 is 0 Å². The molecule has 3 fully saturated rings. The number of hydrogen-bond acceptors (Lipinski definition) is 4. The number of fused-ring (bicyclic) bond motifs is 1. The highest BCUT2D eigenvalue weighted by Gasteiger charge is 2.54. The standard InChI is InChI=1S/C24H30FN3O/c1-17-3-2-4-18(11-17)14-27-15-21-20(22(21)16-27)13-26-19-5-6-24(23(25)12-19)28-7-9-29-10-8-28/h2-6,11-12,20-22,26H,7-10,13-16H2,1H3. The number of aryl methyl sites for hydroxylation is 1. The third kappa shape index (κ3) is 4.12. The van der Waals surface area contributed by atoms with E-state index >= 15 is 0 Å². The summed E-state index contributed by atoms with van der Waals surface area (Å²) in [5.74, 6) is 2.18. The van der Waals surface area contributed by atoms with Gasteiger partial charge in [-0.3, -0.25) is 4.90 Å². The number of nitrogens with one attached hydrogen (secondary N) is 1. The van der Waals surface area contributed by atoms with Crippen LogP contribution in [0.4, 0.5) is 15.8 Å². The second-order valence-corrected chi connectivity index (χ2v) is 8.82. The van der Waals surface area contributed by atoms with Gasteiger partial charge in [0.1, 0.15) is 5.82 Å². The second kappa shape index (κ2) is 7.96. The van der Waals surface area contributed by atoms with Gasteiger partial charge in [-0.15, -0.1) is 0 Å². The lowest BCUT2D eigenvalue weighted by Crippen LogP contribution is -2.36. The number of ether oxygens (including phenoxy) is 1. The van der Waals surface area contributed by atoms with E-state index in [9.17, 15) is 4.39 Å². The van der Waals surface area contributed by atoms with Crippen molar-refractivity contribution in [2.24, 2.45) is 17.8 Å². The zero-order valence-corrected chi connectivity index (χ0v) is 17.1. The van der Waals surface area contributed by atoms with E-state index in [0.29, 0.717) is 18.9 Å². The van der Waals surface area contributed by atoms with Crippen LogP contribution in [-0.4, -0.2) is 50.8 Å². The number of hydrogen-bond donors (Lipinski definition) is 1. The van der Waals surface area contributed by atoms with Crippen LogP contribution < -0.4 is 10.2 Å². The molecule has 3 aliphatic rings. The van der Waals surface area contributed by atoms with Gasteiger partial charge in [0.25, 0.3) is 0 Å². The molecule has 5 rings (SSSR count). The minimum absolute atomic E-state index is 0.141. The number of likely N-dealkylation sites (tertiary alicyclic amines) is 1. The van der Waals surface area contributed by atoms with Gasteiger partial charge in [0.2, 0.25) is 0 Å². The Balaban J connectivity index is 1.10. The molecule has 2 unspecified atom stereocenters. The molecule has 2 aliphatic heterocycles. The minimum Gasteiger partial charge on any atom is -0.385 e. The van der Waals surface area contributed by atoms with Gasteiger partial charge in [-0.1, -0.05) is 29.8 Å². The summed E-state index contributed by atoms with van der Waals surface area (Å²) >= 11 is 0. The Bertz CT molecular complexity index is 855. The molecule has 0 amide bonds. The summed E-state index contributed by atoms with van der Waals surface area (Å²) in [6.07, 6.45) is 0. The number of rotatable bonds is 6. The lowest BCUT2D eigenvalue weighted by molar-refractivity contribution is 0.122. The summed E-state index contributed by atoms with van der Waals surface area (Å²) in [7, 11) is 0. The smallest absolute Gasteiger partial charge is 0.148 e. The van der Waals surface area contributed by atoms with Crippen LogP contribution in [-0.2, 0) is 11.3 Å². The third-order valence-electron chi connectivity index (χ3n) is 6.78. The van der Waals surface area contributed by atoms with E-state index in [1.165, 1.54) is 24.2 Å². The lowest BCUT2D eigenvalue weighted by Gasteiger charge is -2.29. The van der Waals surface area contributed by atoms with Crippen molar-refractivity contribution in [2.45, 2.75) is 13.5 Å². The van der Waals surface area contributed by atoms with E-state index in [-0.39, 0.29) is 5.82 Å². The fraction of sp³-hybridized carbons (Fsp3) is 0.500. The molecule has 0 bridgehead atoms. The predicted octanol–water partition coefficient (Wildman–Crippen LogP) is 3.76. The van der Waals surface area contributed by atoms with Crippen molar-refractivity contribution in [3.8, 4) is 0 Å². The minimum atomic E-state index is -0.141. The molecule has 29 heavy (non-hydrogen) atoms. The summed E-state index contributed by atoms with van der Waals surface area (Å²) in [6.45, 7) is 9.40. The SMILES string of the molecule is Cc1cccc(CN2CC3C(CNc4ccc(N5CCOCC5)c(F)c4)C3C2)c1. The normalized spacial score (nSPS) is 26.4. The predicted molar refractivity (Wildman–Crippen MR) is 115 cm³/mol. The Hall–Kier alpha value is -2.11. The number of piperidine rings is 1. The van der Waals surface area contributed by atoms with Crippen molar-refractivity contribution in [2.75, 3.05) is 56.2 Å². The summed E-state index contributed by atoms with van der Waals surface area (Å²) in [5.41, 5.74) is 4.33. The number of nitrogens with zero attached hydrogens (tertiary/aromatic N) is 2. The quantitative estimate of drug-likeness (QED) is 0.806. The van der Waals surface area contributed by atoms with Crippen LogP contribution in [0.5, 0.6) is 0 Å². The summed E-state index contributed by atoms with van der Waals surface area (Å²) < 4.78 is 19.9. The maximum absolute atomic E-state index is 14.6. The van der Waals surface area contributed by atoms with Gasteiger partial charge in [-0.25, -0.2) is 4.39 Å². The first kappa shape index (κ1) is 18.9. The Morgan fingerprint density at radius 1 is 1.07 bits per heavy atom. The Kier molecular flexibility index (Phi) is 5.18. The van der Waals surface area contributed by atoms with Crippen LogP contribution in [0.15, 0.2) is 42.5 Å². The average molecular weight is 396 g/mol. The van der Waals surface area contributed by atoms with E-state index in [1.807, 2.05) is 12.1 Å². The molecule has 2 aromatic carbocycles. The second-order valence-electron chi connectivity index (χ2n) is 8.82. The zero-order valence-electron chi connectivity index (χ0n) is 17.1. The molecule has 2 aromatic rings. The Labute approximate surface area is 172 Å². The van der Waals surface area contributed by atoms with Crippen molar-refractivity contribution >= 4 is 11.4 Å². The average Bonchev–Trinajstić information content (AvgIpc) is 3.18. The first-order valence-corrected chi connectivity index (χ1v) is 10.8. The fourth-order valence-electron chi connectivity index (χ4n) is 5.15. The highest BCUT2D eigenvalue weighted by Crippen LogP contribution is 2.51. The van der Waals surface area contributed by atoms with Crippen LogP contribution in [0.1, 0.15) is 11.1 Å². The highest BCUT2D eigenvalue weighted by molar-refractivity contribution is 5.56. The molecular formula is C24H30FN3O. The molecule has 0 aromatic heterocycles. The van der Waals surface area contributed by atoms with Gasteiger partial charge >= 0.3 is 0 Å². The molecule has 2 atom stereocenters. The van der Waals surface area contributed by atoms with Crippen molar-refractivity contribution < 1.29 is 9.13 Å². The summed E-state index contributed by atoms with van der Waals surface area (Å²) in [6, 6.07) is 14.4. The van der Waals surface area contributed by atoms with E-state index in [2.05, 4.69) is 46.3 Å². The highest BCUT2D eigenvalue weighted by atomic mass is 19.1. The van der Waals surface area contributed by atoms with E-state index in [0.717, 1.165) is 49.6 Å². The van der Waals surface area contributed by atoms with Crippen molar-refractivity contribution in [3.05, 3.63) is 59.4 Å². The van der Waals surface area contributed by atoms with Gasteiger partial charge in [0.15, 0.2) is 0 Å². The topological polar surface area (TPSA) is 27.7 Å². The summed E-state index contributed by atoms with van der Waals surface area (Å²) in [4.78, 5) is 4.65. The molecule has 154 valence electrons. The molecule has 1 N–H and O–H groups in total. The van der Waals surface area contributed by atoms with Crippen molar-refractivity contribution in [3.63, 3.8) is 0 Å². The summed E-state index contributed by atoms with van der Waals surface area (Å²) in [5, 5.41) is 3.48. The Morgan fingerprint density at radius 3 is 2.59 bits per heavy atom. The maximum atomic E-state index is 14.6. The molecule has 2 heterocycles. The molecule has 0 radical (unpaired) electrons. The number of halogens is 1. The van der Waals surface area contributed by atoms with E-state index in [4.69, 9.17) is 4.74 Å². The molecule has 5 heteroatoms. The van der Waals surface area contributed by atoms with Crippen LogP contribution in [0.3, 0.4) is 0 Å². The number of morpholine rings is 1. The monoisotopic (exact) mass is 395 g/mol. The fourth-order valence-corrected chi connectivity index (χ4v) is 5.15. The number of benzene rings is 2. The third-order valence-corrected chi connectivity index (χ3v) is 6.78. The van der Waals surface area contributed by atoms with E-state index in [1.54, 1.807) is 6.07 Å². The van der Waals surface area contributed by atoms with Gasteiger partial charge in [-0.2, -0.15) is 0 Å². The molecular weight excluding hydrogens is 365 g/mol. The molecule has 1 aliphatic carbocycles. The largest absolute Gasteiger partial charge is 0.385 e. The van der Waals surface area contributed by atoms with Crippen LogP contribution >= 0.6 is 0 Å². The molecule has 0 spiro atoms. The first-order chi connectivity index (χ1) is 14.2. The van der Waals surface area contributed by atoms with Gasteiger partial charge < -0.3 is 15.0 Å². The van der Waals surface area contributed by atoms with Crippen molar-refractivity contribution in [1.29, 1.82) is 0 Å². The number of anilines is 2. The molecule has 2 saturated heterocycles. The van der Waals surface area contributed by atoms with Crippen LogP contribution in [0.2, 0.25) is 0 Å². The van der Waals surface area contributed by atoms with Crippen LogP contribution in [0, 0.1) is 30.5 Å². The maximum Gasteiger partial charge on any atom is 0.148 e. The van der Waals surface area contributed by atoms with Gasteiger partial charge in [0.05, 0.1) is 18.9 Å². The Morgan fingerprint density at radius 2 is 1.86 bits per heavy atom. The molecule has 4 nitrogen and oxygen atoms in total. The zero-order chi connectivity index (χ0) is 19.8. The van der Waals surface area contributed by atoms with Gasteiger partial charge in [-0.05, 0) is 48.4 Å². The van der Waals surface area contributed by atoms with Gasteiger partial charge in [0, 0.05) is 45.0 Å². The van der Waals surface area contributed by atoms with Crippen LogP contribution in [0.25, 0.3) is 0 Å². The first-order valence-electron chi connectivity index (χ1n) is 10.8. The molecule has 1 saturated carbocycles. The van der Waals surface area contributed by atoms with Crippen molar-refractivity contribution in [1.82, 2.24) is 4.90 Å².